The number of rotatable bonds is 6. The molecule has 0 radical (unpaired) electrons. The van der Waals surface area contributed by atoms with Gasteiger partial charge in [0, 0.05) is 18.6 Å². The fraction of sp³-hybridized carbons (Fsp3) is 0.600. The maximum Gasteiger partial charge on any atom is 0.0642 e. The van der Waals surface area contributed by atoms with Crippen LogP contribution in [0.4, 0.5) is 5.69 Å². The van der Waals surface area contributed by atoms with Crippen LogP contribution >= 0.6 is 11.6 Å². The van der Waals surface area contributed by atoms with Crippen LogP contribution < -0.4 is 10.6 Å². The molecule has 0 spiro atoms. The van der Waals surface area contributed by atoms with Gasteiger partial charge in [-0.25, -0.2) is 0 Å². The van der Waals surface area contributed by atoms with Crippen molar-refractivity contribution in [3.8, 4) is 0 Å². The van der Waals surface area contributed by atoms with Crippen LogP contribution in [-0.4, -0.2) is 18.6 Å². The van der Waals surface area contributed by atoms with E-state index in [9.17, 15) is 0 Å². The lowest BCUT2D eigenvalue weighted by Crippen LogP contribution is -2.28. The van der Waals surface area contributed by atoms with E-state index in [4.69, 9.17) is 17.3 Å². The normalized spacial score (nSPS) is 16.7. The summed E-state index contributed by atoms with van der Waals surface area (Å²) in [5, 5.41) is 0.865. The Kier molecular flexibility index (Phi) is 4.52. The van der Waals surface area contributed by atoms with Gasteiger partial charge in [-0.05, 0) is 44.2 Å². The minimum atomic E-state index is 0.222. The summed E-state index contributed by atoms with van der Waals surface area (Å²) in [6.07, 6.45) is 4.49. The second kappa shape index (κ2) is 5.94. The zero-order chi connectivity index (χ0) is 13.1. The standard InChI is InChI=1S/C15H23ClN2/c1-3-12(17)10-11-6-5-7-14(16)15(11)18(4-2)13-8-9-13/h5-7,12-13H,3-4,8-10,17H2,1-2H3. The highest BCUT2D eigenvalue weighted by Gasteiger charge is 2.30. The summed E-state index contributed by atoms with van der Waals surface area (Å²) < 4.78 is 0. The van der Waals surface area contributed by atoms with Gasteiger partial charge in [0.2, 0.25) is 0 Å². The Labute approximate surface area is 115 Å². The van der Waals surface area contributed by atoms with Crippen LogP contribution in [-0.2, 0) is 6.42 Å². The van der Waals surface area contributed by atoms with Gasteiger partial charge >= 0.3 is 0 Å². The summed E-state index contributed by atoms with van der Waals surface area (Å²) in [6, 6.07) is 7.10. The Morgan fingerprint density at radius 3 is 2.67 bits per heavy atom. The van der Waals surface area contributed by atoms with Gasteiger partial charge in [0.15, 0.2) is 0 Å². The molecule has 0 aliphatic heterocycles. The molecule has 1 atom stereocenters. The Morgan fingerprint density at radius 2 is 2.11 bits per heavy atom. The smallest absolute Gasteiger partial charge is 0.0642 e. The highest BCUT2D eigenvalue weighted by atomic mass is 35.5. The molecule has 3 heteroatoms. The summed E-state index contributed by atoms with van der Waals surface area (Å²) in [4.78, 5) is 2.44. The molecule has 1 fully saturated rings. The number of nitrogens with two attached hydrogens (primary N) is 1. The maximum atomic E-state index is 6.42. The van der Waals surface area contributed by atoms with E-state index in [1.807, 2.05) is 12.1 Å². The fourth-order valence-electron chi connectivity index (χ4n) is 2.46. The molecule has 2 nitrogen and oxygen atoms in total. The second-order valence-electron chi connectivity index (χ2n) is 5.14. The van der Waals surface area contributed by atoms with Gasteiger partial charge in [0.1, 0.15) is 0 Å². The number of halogens is 1. The van der Waals surface area contributed by atoms with E-state index in [0.717, 1.165) is 24.4 Å². The van der Waals surface area contributed by atoms with Crippen molar-refractivity contribution < 1.29 is 0 Å². The van der Waals surface area contributed by atoms with Gasteiger partial charge in [-0.1, -0.05) is 30.7 Å². The van der Waals surface area contributed by atoms with Gasteiger partial charge in [0.05, 0.1) is 10.7 Å². The van der Waals surface area contributed by atoms with Crippen molar-refractivity contribution in [2.24, 2.45) is 5.73 Å². The molecule has 0 amide bonds. The molecule has 100 valence electrons. The van der Waals surface area contributed by atoms with Crippen molar-refractivity contribution in [3.05, 3.63) is 28.8 Å². The lowest BCUT2D eigenvalue weighted by atomic mass is 10.0. The molecule has 1 aromatic rings. The molecule has 2 N–H and O–H groups in total. The van der Waals surface area contributed by atoms with Crippen LogP contribution in [0.3, 0.4) is 0 Å². The first kappa shape index (κ1) is 13.7. The Hall–Kier alpha value is -0.730. The molecule has 1 aromatic carbocycles. The van der Waals surface area contributed by atoms with Crippen LogP contribution in [0.15, 0.2) is 18.2 Å². The molecular weight excluding hydrogens is 244 g/mol. The van der Waals surface area contributed by atoms with Crippen molar-refractivity contribution >= 4 is 17.3 Å². The van der Waals surface area contributed by atoms with Crippen LogP contribution in [0.1, 0.15) is 38.7 Å². The molecule has 18 heavy (non-hydrogen) atoms. The minimum Gasteiger partial charge on any atom is -0.367 e. The molecule has 1 aliphatic carbocycles. The molecule has 0 aromatic heterocycles. The molecular formula is C15H23ClN2. The van der Waals surface area contributed by atoms with Crippen molar-refractivity contribution in [3.63, 3.8) is 0 Å². The molecule has 2 rings (SSSR count). The third-order valence-corrected chi connectivity index (χ3v) is 4.00. The Morgan fingerprint density at radius 1 is 1.39 bits per heavy atom. The fourth-order valence-corrected chi connectivity index (χ4v) is 2.76. The summed E-state index contributed by atoms with van der Waals surface area (Å²) in [7, 11) is 0. The first-order valence-electron chi connectivity index (χ1n) is 6.97. The van der Waals surface area contributed by atoms with E-state index in [1.54, 1.807) is 0 Å². The number of hydrogen-bond donors (Lipinski definition) is 1. The Bertz CT molecular complexity index is 401. The highest BCUT2D eigenvalue weighted by Crippen LogP contribution is 2.38. The Balaban J connectivity index is 2.30. The number of nitrogens with zero attached hydrogens (tertiary/aromatic N) is 1. The predicted octanol–water partition coefficient (Wildman–Crippen LogP) is 3.61. The van der Waals surface area contributed by atoms with E-state index in [1.165, 1.54) is 24.1 Å². The molecule has 1 aliphatic rings. The topological polar surface area (TPSA) is 29.3 Å². The third kappa shape index (κ3) is 2.99. The number of para-hydroxylation sites is 1. The summed E-state index contributed by atoms with van der Waals surface area (Å²) in [5.74, 6) is 0. The van der Waals surface area contributed by atoms with E-state index in [0.29, 0.717) is 6.04 Å². The van der Waals surface area contributed by atoms with E-state index in [-0.39, 0.29) is 6.04 Å². The zero-order valence-corrected chi connectivity index (χ0v) is 12.1. The monoisotopic (exact) mass is 266 g/mol. The minimum absolute atomic E-state index is 0.222. The number of anilines is 1. The second-order valence-corrected chi connectivity index (χ2v) is 5.54. The van der Waals surface area contributed by atoms with Gasteiger partial charge in [-0.3, -0.25) is 0 Å². The summed E-state index contributed by atoms with van der Waals surface area (Å²) in [6.45, 7) is 5.35. The van der Waals surface area contributed by atoms with Gasteiger partial charge in [-0.2, -0.15) is 0 Å². The predicted molar refractivity (Wildman–Crippen MR) is 79.5 cm³/mol. The number of benzene rings is 1. The van der Waals surface area contributed by atoms with Gasteiger partial charge in [-0.15, -0.1) is 0 Å². The SMILES string of the molecule is CCC(N)Cc1cccc(Cl)c1N(CC)C1CC1. The molecule has 0 heterocycles. The third-order valence-electron chi connectivity index (χ3n) is 3.69. The van der Waals surface area contributed by atoms with Crippen molar-refractivity contribution in [1.29, 1.82) is 0 Å². The van der Waals surface area contributed by atoms with Crippen molar-refractivity contribution in [1.82, 2.24) is 0 Å². The lowest BCUT2D eigenvalue weighted by molar-refractivity contribution is 0.644. The number of hydrogen-bond acceptors (Lipinski definition) is 2. The zero-order valence-electron chi connectivity index (χ0n) is 11.3. The molecule has 1 saturated carbocycles. The maximum absolute atomic E-state index is 6.42. The van der Waals surface area contributed by atoms with Crippen molar-refractivity contribution in [2.75, 3.05) is 11.4 Å². The van der Waals surface area contributed by atoms with Gasteiger partial charge < -0.3 is 10.6 Å². The van der Waals surface area contributed by atoms with E-state index < -0.39 is 0 Å². The molecule has 0 saturated heterocycles. The summed E-state index contributed by atoms with van der Waals surface area (Å²) in [5.41, 5.74) is 8.61. The first-order valence-corrected chi connectivity index (χ1v) is 7.34. The van der Waals surface area contributed by atoms with Crippen LogP contribution in [0.5, 0.6) is 0 Å². The average molecular weight is 267 g/mol. The molecule has 1 unspecified atom stereocenters. The average Bonchev–Trinajstić information content (AvgIpc) is 3.17. The summed E-state index contributed by atoms with van der Waals surface area (Å²) >= 11 is 6.42. The first-order chi connectivity index (χ1) is 8.67. The van der Waals surface area contributed by atoms with Crippen LogP contribution in [0.2, 0.25) is 5.02 Å². The quantitative estimate of drug-likeness (QED) is 0.852. The van der Waals surface area contributed by atoms with Crippen LogP contribution in [0, 0.1) is 0 Å². The molecule has 0 bridgehead atoms. The highest BCUT2D eigenvalue weighted by molar-refractivity contribution is 6.33. The van der Waals surface area contributed by atoms with Crippen molar-refractivity contribution in [2.45, 2.75) is 51.6 Å². The lowest BCUT2D eigenvalue weighted by Gasteiger charge is -2.27. The van der Waals surface area contributed by atoms with Gasteiger partial charge in [0.25, 0.3) is 0 Å². The van der Waals surface area contributed by atoms with E-state index >= 15 is 0 Å². The van der Waals surface area contributed by atoms with E-state index in [2.05, 4.69) is 24.8 Å². The van der Waals surface area contributed by atoms with Crippen LogP contribution in [0.25, 0.3) is 0 Å². The largest absolute Gasteiger partial charge is 0.367 e.